The summed E-state index contributed by atoms with van der Waals surface area (Å²) in [6.45, 7) is 0. The molecule has 0 spiro atoms. The van der Waals surface area contributed by atoms with E-state index in [0.717, 1.165) is 18.0 Å². The van der Waals surface area contributed by atoms with Crippen LogP contribution in [0.2, 0.25) is 0 Å². The lowest BCUT2D eigenvalue weighted by molar-refractivity contribution is -0.121. The zero-order valence-corrected chi connectivity index (χ0v) is 14.4. The van der Waals surface area contributed by atoms with E-state index >= 15 is 0 Å². The number of benzene rings is 1. The van der Waals surface area contributed by atoms with Crippen LogP contribution in [0.5, 0.6) is 0 Å². The standard InChI is InChI=1S/C18H23NOS2/c20-17(16-10-12-5-6-13(16)9-12)19-15-4-1-3-14(11-15)18-21-7-2-8-22-18/h1,3-4,11-13,16,18H,2,5-10H2,(H,19,20). The Morgan fingerprint density at radius 1 is 1.14 bits per heavy atom. The van der Waals surface area contributed by atoms with E-state index in [4.69, 9.17) is 0 Å². The number of amides is 1. The molecule has 0 aromatic heterocycles. The zero-order chi connectivity index (χ0) is 14.9. The van der Waals surface area contributed by atoms with E-state index in [1.165, 1.54) is 42.8 Å². The van der Waals surface area contributed by atoms with Crippen LogP contribution in [-0.4, -0.2) is 17.4 Å². The van der Waals surface area contributed by atoms with Gasteiger partial charge in [0.25, 0.3) is 0 Å². The Hall–Kier alpha value is -0.610. The van der Waals surface area contributed by atoms with E-state index in [9.17, 15) is 4.79 Å². The lowest BCUT2D eigenvalue weighted by atomic mass is 9.88. The van der Waals surface area contributed by atoms with Crippen molar-refractivity contribution in [2.75, 3.05) is 16.8 Å². The van der Waals surface area contributed by atoms with Crippen molar-refractivity contribution in [3.05, 3.63) is 29.8 Å². The molecule has 3 atom stereocenters. The summed E-state index contributed by atoms with van der Waals surface area (Å²) >= 11 is 4.06. The largest absolute Gasteiger partial charge is 0.326 e. The molecule has 4 heteroatoms. The summed E-state index contributed by atoms with van der Waals surface area (Å²) in [6, 6.07) is 8.50. The molecule has 2 bridgehead atoms. The fourth-order valence-corrected chi connectivity index (χ4v) is 7.12. The molecular formula is C18H23NOS2. The average Bonchev–Trinajstić information content (AvgIpc) is 3.19. The molecule has 2 nitrogen and oxygen atoms in total. The highest BCUT2D eigenvalue weighted by atomic mass is 32.2. The zero-order valence-electron chi connectivity index (χ0n) is 12.8. The minimum atomic E-state index is 0.258. The van der Waals surface area contributed by atoms with Crippen molar-refractivity contribution in [2.24, 2.45) is 17.8 Å². The molecule has 1 heterocycles. The number of anilines is 1. The minimum absolute atomic E-state index is 0.258. The van der Waals surface area contributed by atoms with Gasteiger partial charge in [0.1, 0.15) is 0 Å². The molecule has 3 unspecified atom stereocenters. The molecule has 1 aromatic carbocycles. The highest BCUT2D eigenvalue weighted by Gasteiger charge is 2.43. The molecule has 0 radical (unpaired) electrons. The number of fused-ring (bicyclic) bond motifs is 2. The summed E-state index contributed by atoms with van der Waals surface area (Å²) in [4.78, 5) is 12.6. The summed E-state index contributed by atoms with van der Waals surface area (Å²) < 4.78 is 0.535. The van der Waals surface area contributed by atoms with Gasteiger partial charge in [-0.2, -0.15) is 0 Å². The van der Waals surface area contributed by atoms with Gasteiger partial charge in [-0.15, -0.1) is 23.5 Å². The molecule has 3 fully saturated rings. The predicted octanol–water partition coefficient (Wildman–Crippen LogP) is 4.93. The van der Waals surface area contributed by atoms with Crippen LogP contribution in [-0.2, 0) is 4.79 Å². The normalized spacial score (nSPS) is 31.4. The highest BCUT2D eigenvalue weighted by Crippen LogP contribution is 2.48. The first-order valence-corrected chi connectivity index (χ1v) is 10.5. The van der Waals surface area contributed by atoms with E-state index in [1.54, 1.807) is 0 Å². The molecule has 2 saturated carbocycles. The van der Waals surface area contributed by atoms with Gasteiger partial charge < -0.3 is 5.32 Å². The fourth-order valence-electron chi connectivity index (χ4n) is 4.24. The van der Waals surface area contributed by atoms with Gasteiger partial charge in [-0.1, -0.05) is 18.6 Å². The lowest BCUT2D eigenvalue weighted by Crippen LogP contribution is -2.27. The van der Waals surface area contributed by atoms with E-state index < -0.39 is 0 Å². The van der Waals surface area contributed by atoms with Crippen LogP contribution in [0.3, 0.4) is 0 Å². The average molecular weight is 334 g/mol. The van der Waals surface area contributed by atoms with Crippen LogP contribution in [0, 0.1) is 17.8 Å². The van der Waals surface area contributed by atoms with Crippen molar-refractivity contribution in [3.8, 4) is 0 Å². The first kappa shape index (κ1) is 14.9. The van der Waals surface area contributed by atoms with E-state index in [0.29, 0.717) is 10.5 Å². The molecule has 1 aliphatic heterocycles. The van der Waals surface area contributed by atoms with Gasteiger partial charge >= 0.3 is 0 Å². The van der Waals surface area contributed by atoms with Crippen LogP contribution in [0.15, 0.2) is 24.3 Å². The van der Waals surface area contributed by atoms with Gasteiger partial charge in [0.05, 0.1) is 4.58 Å². The maximum atomic E-state index is 12.6. The number of hydrogen-bond donors (Lipinski definition) is 1. The molecule has 1 aromatic rings. The molecule has 1 N–H and O–H groups in total. The topological polar surface area (TPSA) is 29.1 Å². The van der Waals surface area contributed by atoms with E-state index in [1.807, 2.05) is 29.6 Å². The monoisotopic (exact) mass is 333 g/mol. The number of hydrogen-bond acceptors (Lipinski definition) is 3. The first-order valence-electron chi connectivity index (χ1n) is 8.43. The van der Waals surface area contributed by atoms with Gasteiger partial charge in [0.15, 0.2) is 0 Å². The molecular weight excluding hydrogens is 310 g/mol. The van der Waals surface area contributed by atoms with Gasteiger partial charge in [-0.3, -0.25) is 4.79 Å². The Labute approximate surface area is 141 Å². The number of thioether (sulfide) groups is 2. The van der Waals surface area contributed by atoms with Crippen molar-refractivity contribution in [3.63, 3.8) is 0 Å². The fraction of sp³-hybridized carbons (Fsp3) is 0.611. The Bertz CT molecular complexity index is 556. The molecule has 22 heavy (non-hydrogen) atoms. The summed E-state index contributed by atoms with van der Waals surface area (Å²) in [5.74, 6) is 4.49. The maximum absolute atomic E-state index is 12.6. The van der Waals surface area contributed by atoms with Gasteiger partial charge in [-0.25, -0.2) is 0 Å². The van der Waals surface area contributed by atoms with Crippen molar-refractivity contribution < 1.29 is 4.79 Å². The summed E-state index contributed by atoms with van der Waals surface area (Å²) in [5.41, 5.74) is 2.33. The van der Waals surface area contributed by atoms with Crippen molar-refractivity contribution in [1.29, 1.82) is 0 Å². The molecule has 2 aliphatic carbocycles. The Morgan fingerprint density at radius 2 is 2.00 bits per heavy atom. The maximum Gasteiger partial charge on any atom is 0.227 e. The van der Waals surface area contributed by atoms with Gasteiger partial charge in [0, 0.05) is 11.6 Å². The lowest BCUT2D eigenvalue weighted by Gasteiger charge is -2.23. The second-order valence-electron chi connectivity index (χ2n) is 6.82. The number of carbonyl (C=O) groups is 1. The SMILES string of the molecule is O=C(Nc1cccc(C2SCCCS2)c1)C1CC2CCC1C2. The number of rotatable bonds is 3. The highest BCUT2D eigenvalue weighted by molar-refractivity contribution is 8.16. The number of carbonyl (C=O) groups excluding carboxylic acids is 1. The van der Waals surface area contributed by atoms with Gasteiger partial charge in [0.2, 0.25) is 5.91 Å². The molecule has 1 amide bonds. The van der Waals surface area contributed by atoms with Crippen LogP contribution in [0.1, 0.15) is 42.2 Å². The van der Waals surface area contributed by atoms with Crippen molar-refractivity contribution >= 4 is 35.1 Å². The third-order valence-corrected chi connectivity index (χ3v) is 8.34. The Kier molecular flexibility index (Phi) is 4.40. The number of nitrogens with one attached hydrogen (secondary N) is 1. The third kappa shape index (κ3) is 3.05. The minimum Gasteiger partial charge on any atom is -0.326 e. The summed E-state index contributed by atoms with van der Waals surface area (Å²) in [5, 5.41) is 3.19. The molecule has 118 valence electrons. The van der Waals surface area contributed by atoms with Gasteiger partial charge in [-0.05, 0) is 66.7 Å². The van der Waals surface area contributed by atoms with E-state index in [2.05, 4.69) is 23.5 Å². The third-order valence-electron chi connectivity index (χ3n) is 5.33. The Morgan fingerprint density at radius 3 is 2.73 bits per heavy atom. The second kappa shape index (κ2) is 6.48. The first-order chi connectivity index (χ1) is 10.8. The predicted molar refractivity (Wildman–Crippen MR) is 96.3 cm³/mol. The van der Waals surface area contributed by atoms with Crippen LogP contribution < -0.4 is 5.32 Å². The molecule has 3 aliphatic rings. The quantitative estimate of drug-likeness (QED) is 0.850. The smallest absolute Gasteiger partial charge is 0.227 e. The van der Waals surface area contributed by atoms with E-state index in [-0.39, 0.29) is 11.8 Å². The summed E-state index contributed by atoms with van der Waals surface area (Å²) in [6.07, 6.45) is 6.32. The Balaban J connectivity index is 1.43. The van der Waals surface area contributed by atoms with Crippen LogP contribution >= 0.6 is 23.5 Å². The van der Waals surface area contributed by atoms with Crippen LogP contribution in [0.25, 0.3) is 0 Å². The second-order valence-corrected chi connectivity index (χ2v) is 9.55. The molecule has 4 rings (SSSR count). The molecule has 1 saturated heterocycles. The summed E-state index contributed by atoms with van der Waals surface area (Å²) in [7, 11) is 0. The van der Waals surface area contributed by atoms with Crippen molar-refractivity contribution in [2.45, 2.75) is 36.7 Å². The van der Waals surface area contributed by atoms with Crippen molar-refractivity contribution in [1.82, 2.24) is 0 Å². The van der Waals surface area contributed by atoms with Crippen LogP contribution in [0.4, 0.5) is 5.69 Å².